The Kier molecular flexibility index (Phi) is 6.45. The van der Waals surface area contributed by atoms with Crippen LogP contribution in [-0.4, -0.2) is 43.8 Å². The summed E-state index contributed by atoms with van der Waals surface area (Å²) in [5, 5.41) is 2.68. The summed E-state index contributed by atoms with van der Waals surface area (Å²) < 4.78 is 38.1. The molecule has 1 amide bonds. The van der Waals surface area contributed by atoms with Gasteiger partial charge >= 0.3 is 0 Å². The van der Waals surface area contributed by atoms with Crippen molar-refractivity contribution in [3.63, 3.8) is 0 Å². The van der Waals surface area contributed by atoms with Gasteiger partial charge in [-0.3, -0.25) is 4.79 Å². The Morgan fingerprint density at radius 2 is 1.97 bits per heavy atom. The molecule has 0 spiro atoms. The summed E-state index contributed by atoms with van der Waals surface area (Å²) in [6.07, 6.45) is 1.66. The Bertz CT molecular complexity index is 1230. The largest absolute Gasteiger partial charge is 0.497 e. The van der Waals surface area contributed by atoms with E-state index in [1.807, 2.05) is 29.6 Å². The van der Waals surface area contributed by atoms with E-state index in [1.54, 1.807) is 7.11 Å². The minimum absolute atomic E-state index is 0.0218. The lowest BCUT2D eigenvalue weighted by molar-refractivity contribution is 0.0995. The summed E-state index contributed by atoms with van der Waals surface area (Å²) in [6.45, 7) is 1.07. The van der Waals surface area contributed by atoms with E-state index in [2.05, 4.69) is 4.98 Å². The van der Waals surface area contributed by atoms with E-state index < -0.39 is 15.9 Å². The van der Waals surface area contributed by atoms with Crippen LogP contribution in [0.3, 0.4) is 0 Å². The highest BCUT2D eigenvalue weighted by atomic mass is 32.2. The fourth-order valence-electron chi connectivity index (χ4n) is 3.48. The number of carbonyl (C=O) groups is 1. The molecule has 1 fully saturated rings. The predicted molar refractivity (Wildman–Crippen MR) is 121 cm³/mol. The van der Waals surface area contributed by atoms with Crippen molar-refractivity contribution in [1.82, 2.24) is 9.29 Å². The number of amides is 1. The molecule has 0 radical (unpaired) electrons. The first-order chi connectivity index (χ1) is 15.4. The third-order valence-electron chi connectivity index (χ3n) is 5.16. The van der Waals surface area contributed by atoms with E-state index in [-0.39, 0.29) is 22.8 Å². The van der Waals surface area contributed by atoms with Crippen molar-refractivity contribution in [3.8, 4) is 22.1 Å². The summed E-state index contributed by atoms with van der Waals surface area (Å²) in [6, 6.07) is 11.8. The highest BCUT2D eigenvalue weighted by Gasteiger charge is 2.28. The first-order valence-electron chi connectivity index (χ1n) is 10.0. The molecule has 1 aromatic heterocycles. The highest BCUT2D eigenvalue weighted by Crippen LogP contribution is 2.29. The molecule has 8 nitrogen and oxygen atoms in total. The van der Waals surface area contributed by atoms with Crippen LogP contribution >= 0.6 is 11.3 Å². The Labute approximate surface area is 190 Å². The third-order valence-corrected chi connectivity index (χ3v) is 8.00. The molecular weight excluding hydrogens is 450 g/mol. The first-order valence-corrected chi connectivity index (χ1v) is 12.4. The number of methoxy groups -OCH3 is 1. The van der Waals surface area contributed by atoms with Gasteiger partial charge in [0.15, 0.2) is 0 Å². The molecule has 1 aliphatic heterocycles. The van der Waals surface area contributed by atoms with Crippen molar-refractivity contribution >= 4 is 27.3 Å². The molecule has 0 unspecified atom stereocenters. The molecule has 0 bridgehead atoms. The van der Waals surface area contributed by atoms with Crippen LogP contribution < -0.4 is 15.2 Å². The van der Waals surface area contributed by atoms with E-state index in [9.17, 15) is 13.2 Å². The molecule has 0 aliphatic carbocycles. The number of rotatable bonds is 8. The van der Waals surface area contributed by atoms with Crippen LogP contribution in [0.25, 0.3) is 10.6 Å². The Hall–Kier alpha value is -2.95. The van der Waals surface area contributed by atoms with Gasteiger partial charge in [0, 0.05) is 24.0 Å². The average Bonchev–Trinajstić information content (AvgIpc) is 3.50. The maximum Gasteiger partial charge on any atom is 0.252 e. The molecule has 0 saturated carbocycles. The number of primary amides is 1. The van der Waals surface area contributed by atoms with E-state index in [4.69, 9.17) is 15.2 Å². The van der Waals surface area contributed by atoms with Crippen molar-refractivity contribution in [2.45, 2.75) is 24.3 Å². The zero-order valence-electron chi connectivity index (χ0n) is 17.5. The van der Waals surface area contributed by atoms with Gasteiger partial charge in [-0.2, -0.15) is 4.31 Å². The maximum atomic E-state index is 12.8. The van der Waals surface area contributed by atoms with Gasteiger partial charge in [-0.1, -0.05) is 12.1 Å². The van der Waals surface area contributed by atoms with Crippen LogP contribution in [0.1, 0.15) is 28.9 Å². The Morgan fingerprint density at radius 3 is 2.69 bits per heavy atom. The molecule has 10 heteroatoms. The van der Waals surface area contributed by atoms with Gasteiger partial charge < -0.3 is 15.2 Å². The van der Waals surface area contributed by atoms with Crippen molar-refractivity contribution in [3.05, 3.63) is 59.1 Å². The van der Waals surface area contributed by atoms with Crippen LogP contribution in [0.4, 0.5) is 0 Å². The summed E-state index contributed by atoms with van der Waals surface area (Å²) in [4.78, 5) is 16.6. The second-order valence-electron chi connectivity index (χ2n) is 7.30. The molecule has 32 heavy (non-hydrogen) atoms. The van der Waals surface area contributed by atoms with Crippen molar-refractivity contribution in [2.24, 2.45) is 5.73 Å². The molecule has 2 aromatic carbocycles. The topological polar surface area (TPSA) is 112 Å². The smallest absolute Gasteiger partial charge is 0.252 e. The Balaban J connectivity index is 1.52. The quantitative estimate of drug-likeness (QED) is 0.537. The van der Waals surface area contributed by atoms with Gasteiger partial charge in [-0.05, 0) is 43.2 Å². The number of carbonyl (C=O) groups excluding carboxylic acids is 1. The zero-order chi connectivity index (χ0) is 22.7. The van der Waals surface area contributed by atoms with Crippen molar-refractivity contribution in [2.75, 3.05) is 20.2 Å². The summed E-state index contributed by atoms with van der Waals surface area (Å²) >= 11 is 1.46. The van der Waals surface area contributed by atoms with E-state index in [0.29, 0.717) is 18.8 Å². The van der Waals surface area contributed by atoms with E-state index >= 15 is 0 Å². The van der Waals surface area contributed by atoms with Gasteiger partial charge in [-0.15, -0.1) is 11.3 Å². The number of aromatic nitrogens is 1. The number of thiazole rings is 1. The van der Waals surface area contributed by atoms with Gasteiger partial charge in [-0.25, -0.2) is 13.4 Å². The molecule has 1 saturated heterocycles. The first kappa shape index (κ1) is 22.3. The molecule has 0 atom stereocenters. The summed E-state index contributed by atoms with van der Waals surface area (Å²) in [5.74, 6) is 0.202. The minimum Gasteiger partial charge on any atom is -0.497 e. The minimum atomic E-state index is -3.66. The average molecular weight is 474 g/mol. The number of sulfonamides is 1. The predicted octanol–water partition coefficient (Wildman–Crippen LogP) is 3.28. The molecule has 168 valence electrons. The van der Waals surface area contributed by atoms with Gasteiger partial charge in [0.25, 0.3) is 5.91 Å². The number of nitrogens with zero attached hydrogens (tertiary/aromatic N) is 2. The highest BCUT2D eigenvalue weighted by molar-refractivity contribution is 7.89. The van der Waals surface area contributed by atoms with Crippen molar-refractivity contribution < 1.29 is 22.7 Å². The zero-order valence-corrected chi connectivity index (χ0v) is 19.1. The van der Waals surface area contributed by atoms with E-state index in [0.717, 1.165) is 29.2 Å². The lowest BCUT2D eigenvalue weighted by atomic mass is 10.2. The normalized spacial score (nSPS) is 14.4. The Morgan fingerprint density at radius 1 is 1.19 bits per heavy atom. The van der Waals surface area contributed by atoms with Crippen LogP contribution in [0.2, 0.25) is 0 Å². The molecule has 2 N–H and O–H groups in total. The number of ether oxygens (including phenoxy) is 2. The van der Waals surface area contributed by atoms with Gasteiger partial charge in [0.2, 0.25) is 10.0 Å². The van der Waals surface area contributed by atoms with Gasteiger partial charge in [0.1, 0.15) is 23.1 Å². The molecule has 2 heterocycles. The van der Waals surface area contributed by atoms with Crippen LogP contribution in [0.15, 0.2) is 52.7 Å². The van der Waals surface area contributed by atoms with Crippen molar-refractivity contribution in [1.29, 1.82) is 0 Å². The number of benzene rings is 2. The fraction of sp³-hybridized carbons (Fsp3) is 0.273. The maximum absolute atomic E-state index is 12.8. The fourth-order valence-corrected chi connectivity index (χ4v) is 5.82. The van der Waals surface area contributed by atoms with E-state index in [1.165, 1.54) is 33.8 Å². The van der Waals surface area contributed by atoms with Gasteiger partial charge in [0.05, 0.1) is 23.3 Å². The molecular formula is C22H23N3O5S2. The van der Waals surface area contributed by atoms with Crippen LogP contribution in [0, 0.1) is 0 Å². The van der Waals surface area contributed by atoms with Crippen LogP contribution in [-0.2, 0) is 16.6 Å². The number of hydrogen-bond acceptors (Lipinski definition) is 7. The molecule has 3 aromatic rings. The summed E-state index contributed by atoms with van der Waals surface area (Å²) in [7, 11) is -2.05. The SMILES string of the molecule is COc1cccc(-c2nc(COc3ccc(S(=O)(=O)N4CCCC4)cc3C(N)=O)cs2)c1. The lowest BCUT2D eigenvalue weighted by Crippen LogP contribution is -2.28. The molecule has 4 rings (SSSR count). The molecule has 1 aliphatic rings. The number of nitrogens with two attached hydrogens (primary N) is 1. The van der Waals surface area contributed by atoms with Crippen LogP contribution in [0.5, 0.6) is 11.5 Å². The monoisotopic (exact) mass is 473 g/mol. The third kappa shape index (κ3) is 4.62. The number of hydrogen-bond donors (Lipinski definition) is 1. The second kappa shape index (κ2) is 9.27. The lowest BCUT2D eigenvalue weighted by Gasteiger charge is -2.17. The summed E-state index contributed by atoms with van der Waals surface area (Å²) in [5.41, 5.74) is 7.13. The second-order valence-corrected chi connectivity index (χ2v) is 10.1. The standard InChI is InChI=1S/C22H23N3O5S2/c1-29-17-6-4-5-15(11-17)22-24-16(14-31-22)13-30-20-8-7-18(12-19(20)21(23)26)32(27,28)25-9-2-3-10-25/h4-8,11-12,14H,2-3,9-10,13H2,1H3,(H2,23,26).